The van der Waals surface area contributed by atoms with Gasteiger partial charge in [-0.25, -0.2) is 0 Å². The van der Waals surface area contributed by atoms with Crippen molar-refractivity contribution in [2.45, 2.75) is 20.3 Å². The molecule has 2 N–H and O–H groups in total. The van der Waals surface area contributed by atoms with Crippen molar-refractivity contribution in [2.75, 3.05) is 6.61 Å². The number of hydrogen-bond acceptors (Lipinski definition) is 3. The average molecular weight is 312 g/mol. The summed E-state index contributed by atoms with van der Waals surface area (Å²) in [6, 6.07) is 14.6. The molecule has 0 aliphatic heterocycles. The summed E-state index contributed by atoms with van der Waals surface area (Å²) in [4.78, 5) is 23.5. The lowest BCUT2D eigenvalue weighted by atomic mass is 10.1. The lowest BCUT2D eigenvalue weighted by Crippen LogP contribution is -2.43. The van der Waals surface area contributed by atoms with E-state index < -0.39 is 5.91 Å². The number of aryl methyl sites for hydroxylation is 2. The predicted octanol–water partition coefficient (Wildman–Crippen LogP) is 2.40. The Morgan fingerprint density at radius 1 is 0.957 bits per heavy atom. The average Bonchev–Trinajstić information content (AvgIpc) is 2.59. The zero-order valence-electron chi connectivity index (χ0n) is 13.3. The molecule has 0 spiro atoms. The lowest BCUT2D eigenvalue weighted by molar-refractivity contribution is -0.123. The van der Waals surface area contributed by atoms with E-state index in [4.69, 9.17) is 4.74 Å². The zero-order valence-corrected chi connectivity index (χ0v) is 13.3. The first-order valence-electron chi connectivity index (χ1n) is 7.46. The largest absolute Gasteiger partial charge is 0.484 e. The molecule has 120 valence electrons. The van der Waals surface area contributed by atoms with Gasteiger partial charge in [0.15, 0.2) is 6.61 Å². The topological polar surface area (TPSA) is 67.4 Å². The predicted molar refractivity (Wildman–Crippen MR) is 88.1 cm³/mol. The van der Waals surface area contributed by atoms with Gasteiger partial charge in [0.05, 0.1) is 0 Å². The van der Waals surface area contributed by atoms with Crippen LogP contribution in [0.4, 0.5) is 0 Å². The van der Waals surface area contributed by atoms with Crippen molar-refractivity contribution in [3.8, 4) is 5.75 Å². The van der Waals surface area contributed by atoms with Gasteiger partial charge >= 0.3 is 0 Å². The Morgan fingerprint density at radius 3 is 2.22 bits per heavy atom. The zero-order chi connectivity index (χ0) is 16.7. The summed E-state index contributed by atoms with van der Waals surface area (Å²) < 4.78 is 5.36. The number of ether oxygens (including phenoxy) is 1. The molecule has 2 rings (SSSR count). The van der Waals surface area contributed by atoms with E-state index in [1.54, 1.807) is 12.1 Å². The maximum atomic E-state index is 11.8. The van der Waals surface area contributed by atoms with Crippen LogP contribution >= 0.6 is 0 Å². The molecule has 0 saturated carbocycles. The molecule has 0 aromatic heterocycles. The number of carbonyl (C=O) groups is 2. The Bertz CT molecular complexity index is 664. The summed E-state index contributed by atoms with van der Waals surface area (Å²) in [5.74, 6) is -0.183. The Labute approximate surface area is 135 Å². The summed E-state index contributed by atoms with van der Waals surface area (Å²) in [5, 5.41) is 0. The molecule has 0 aliphatic rings. The van der Waals surface area contributed by atoms with E-state index in [0.717, 1.165) is 12.0 Å². The van der Waals surface area contributed by atoms with Gasteiger partial charge in [-0.05, 0) is 43.2 Å². The van der Waals surface area contributed by atoms with Crippen molar-refractivity contribution in [1.82, 2.24) is 10.9 Å². The summed E-state index contributed by atoms with van der Waals surface area (Å²) in [5.41, 5.74) is 7.42. The molecule has 0 bridgehead atoms. The fraction of sp³-hybridized carbons (Fsp3) is 0.222. The second-order valence-corrected chi connectivity index (χ2v) is 5.15. The van der Waals surface area contributed by atoms with Crippen molar-refractivity contribution >= 4 is 11.8 Å². The second-order valence-electron chi connectivity index (χ2n) is 5.15. The van der Waals surface area contributed by atoms with Gasteiger partial charge in [0.1, 0.15) is 5.75 Å². The molecule has 0 saturated heterocycles. The molecular weight excluding hydrogens is 292 g/mol. The highest BCUT2D eigenvalue weighted by atomic mass is 16.5. The fourth-order valence-electron chi connectivity index (χ4n) is 1.91. The maximum Gasteiger partial charge on any atom is 0.276 e. The van der Waals surface area contributed by atoms with Gasteiger partial charge in [0.2, 0.25) is 0 Å². The standard InChI is InChI=1S/C18H20N2O3/c1-3-14-6-10-16(11-7-14)23-12-17(21)19-20-18(22)15-8-4-13(2)5-9-15/h4-11H,3,12H2,1-2H3,(H,19,21)(H,20,22). The Hall–Kier alpha value is -2.82. The van der Waals surface area contributed by atoms with E-state index in [1.165, 1.54) is 5.56 Å². The summed E-state index contributed by atoms with van der Waals surface area (Å²) in [7, 11) is 0. The van der Waals surface area contributed by atoms with Crippen molar-refractivity contribution in [2.24, 2.45) is 0 Å². The molecule has 0 aliphatic carbocycles. The lowest BCUT2D eigenvalue weighted by Gasteiger charge is -2.09. The van der Waals surface area contributed by atoms with Gasteiger partial charge in [-0.3, -0.25) is 20.4 Å². The van der Waals surface area contributed by atoms with Gasteiger partial charge in [-0.15, -0.1) is 0 Å². The van der Waals surface area contributed by atoms with Crippen LogP contribution in [0.1, 0.15) is 28.4 Å². The molecule has 0 heterocycles. The number of carbonyl (C=O) groups excluding carboxylic acids is 2. The van der Waals surface area contributed by atoms with Gasteiger partial charge in [0, 0.05) is 5.56 Å². The van der Waals surface area contributed by atoms with Crippen LogP contribution in [-0.2, 0) is 11.2 Å². The molecule has 2 aromatic rings. The van der Waals surface area contributed by atoms with Gasteiger partial charge < -0.3 is 4.74 Å². The van der Waals surface area contributed by atoms with Gasteiger partial charge in [0.25, 0.3) is 11.8 Å². The second kappa shape index (κ2) is 7.98. The third-order valence-electron chi connectivity index (χ3n) is 3.33. The van der Waals surface area contributed by atoms with Crippen LogP contribution in [0.5, 0.6) is 5.75 Å². The molecule has 5 nitrogen and oxygen atoms in total. The number of amides is 2. The SMILES string of the molecule is CCc1ccc(OCC(=O)NNC(=O)c2ccc(C)cc2)cc1. The van der Waals surface area contributed by atoms with E-state index in [-0.39, 0.29) is 12.5 Å². The first-order chi connectivity index (χ1) is 11.1. The first-order valence-corrected chi connectivity index (χ1v) is 7.46. The van der Waals surface area contributed by atoms with Gasteiger partial charge in [-0.1, -0.05) is 36.8 Å². The summed E-state index contributed by atoms with van der Waals surface area (Å²) >= 11 is 0. The fourth-order valence-corrected chi connectivity index (χ4v) is 1.91. The number of rotatable bonds is 5. The van der Waals surface area contributed by atoms with E-state index in [2.05, 4.69) is 17.8 Å². The minimum absolute atomic E-state index is 0.167. The summed E-state index contributed by atoms with van der Waals surface area (Å²) in [6.45, 7) is 3.84. The van der Waals surface area contributed by atoms with Crippen LogP contribution in [-0.4, -0.2) is 18.4 Å². The minimum atomic E-state index is -0.426. The van der Waals surface area contributed by atoms with Crippen molar-refractivity contribution in [3.63, 3.8) is 0 Å². The van der Waals surface area contributed by atoms with Crippen LogP contribution in [0.2, 0.25) is 0 Å². The van der Waals surface area contributed by atoms with Gasteiger partial charge in [-0.2, -0.15) is 0 Å². The quantitative estimate of drug-likeness (QED) is 0.833. The number of hydrogen-bond donors (Lipinski definition) is 2. The molecular formula is C18H20N2O3. The minimum Gasteiger partial charge on any atom is -0.484 e. The van der Waals surface area contributed by atoms with Crippen molar-refractivity contribution < 1.29 is 14.3 Å². The summed E-state index contributed by atoms with van der Waals surface area (Å²) in [6.07, 6.45) is 0.950. The first kappa shape index (κ1) is 16.5. The highest BCUT2D eigenvalue weighted by Gasteiger charge is 2.07. The Kier molecular flexibility index (Phi) is 5.74. The third-order valence-corrected chi connectivity index (χ3v) is 3.33. The van der Waals surface area contributed by atoms with Crippen molar-refractivity contribution in [1.29, 1.82) is 0 Å². The normalized spacial score (nSPS) is 10.0. The van der Waals surface area contributed by atoms with Crippen LogP contribution in [0.3, 0.4) is 0 Å². The Morgan fingerprint density at radius 2 is 1.61 bits per heavy atom. The monoisotopic (exact) mass is 312 g/mol. The molecule has 23 heavy (non-hydrogen) atoms. The third kappa shape index (κ3) is 5.14. The number of nitrogens with one attached hydrogen (secondary N) is 2. The smallest absolute Gasteiger partial charge is 0.276 e. The highest BCUT2D eigenvalue weighted by Crippen LogP contribution is 2.12. The molecule has 0 atom stereocenters. The Balaban J connectivity index is 1.76. The molecule has 2 amide bonds. The molecule has 5 heteroatoms. The van der Waals surface area contributed by atoms with E-state index in [0.29, 0.717) is 11.3 Å². The number of hydrazine groups is 1. The van der Waals surface area contributed by atoms with Crippen LogP contribution in [0.25, 0.3) is 0 Å². The van der Waals surface area contributed by atoms with Crippen LogP contribution < -0.4 is 15.6 Å². The molecule has 2 aromatic carbocycles. The van der Waals surface area contributed by atoms with Crippen LogP contribution in [0.15, 0.2) is 48.5 Å². The molecule has 0 radical (unpaired) electrons. The van der Waals surface area contributed by atoms with E-state index >= 15 is 0 Å². The molecule has 0 unspecified atom stereocenters. The molecule has 0 fully saturated rings. The number of benzene rings is 2. The van der Waals surface area contributed by atoms with E-state index in [9.17, 15) is 9.59 Å². The van der Waals surface area contributed by atoms with E-state index in [1.807, 2.05) is 43.3 Å². The van der Waals surface area contributed by atoms with Crippen molar-refractivity contribution in [3.05, 3.63) is 65.2 Å². The van der Waals surface area contributed by atoms with Crippen LogP contribution in [0, 0.1) is 6.92 Å². The highest BCUT2D eigenvalue weighted by molar-refractivity contribution is 5.95. The maximum absolute atomic E-state index is 11.8.